The first kappa shape index (κ1) is 15.3. The summed E-state index contributed by atoms with van der Waals surface area (Å²) >= 11 is 0. The molecule has 4 heteroatoms. The number of pyridine rings is 1. The number of benzene rings is 2. The third-order valence-corrected chi connectivity index (χ3v) is 4.03. The second kappa shape index (κ2) is 6.24. The van der Waals surface area contributed by atoms with Crippen molar-refractivity contribution in [2.75, 3.05) is 7.11 Å². The predicted molar refractivity (Wildman–Crippen MR) is 90.7 cm³/mol. The van der Waals surface area contributed by atoms with Crippen molar-refractivity contribution in [3.8, 4) is 16.9 Å². The first-order valence-electron chi connectivity index (χ1n) is 7.56. The predicted octanol–water partition coefficient (Wildman–Crippen LogP) is 4.17. The molecule has 3 rings (SSSR count). The van der Waals surface area contributed by atoms with Crippen LogP contribution < -0.4 is 10.3 Å². The zero-order valence-corrected chi connectivity index (χ0v) is 13.2. The van der Waals surface area contributed by atoms with Crippen LogP contribution in [0.15, 0.2) is 53.3 Å². The van der Waals surface area contributed by atoms with Crippen molar-refractivity contribution in [2.45, 2.75) is 20.1 Å². The fraction of sp³-hybridized carbons (Fsp3) is 0.211. The maximum absolute atomic E-state index is 13.0. The Balaban J connectivity index is 2.49. The van der Waals surface area contributed by atoms with E-state index in [9.17, 15) is 9.18 Å². The number of halogens is 1. The molecule has 0 saturated carbocycles. The van der Waals surface area contributed by atoms with E-state index >= 15 is 0 Å². The summed E-state index contributed by atoms with van der Waals surface area (Å²) in [6.45, 7) is 1.83. The van der Waals surface area contributed by atoms with Gasteiger partial charge in [-0.2, -0.15) is 0 Å². The van der Waals surface area contributed by atoms with Crippen LogP contribution in [0.4, 0.5) is 4.39 Å². The van der Waals surface area contributed by atoms with E-state index in [0.29, 0.717) is 17.9 Å². The lowest BCUT2D eigenvalue weighted by Crippen LogP contribution is -2.22. The van der Waals surface area contributed by atoms with Crippen LogP contribution in [-0.4, -0.2) is 11.7 Å². The summed E-state index contributed by atoms with van der Waals surface area (Å²) in [5, 5.41) is 0.881. The zero-order valence-electron chi connectivity index (χ0n) is 13.2. The molecule has 2 aromatic carbocycles. The minimum absolute atomic E-state index is 0.197. The van der Waals surface area contributed by atoms with Gasteiger partial charge in [-0.3, -0.25) is 4.79 Å². The van der Waals surface area contributed by atoms with Gasteiger partial charge in [-0.15, -0.1) is 0 Å². The molecule has 118 valence electrons. The first-order chi connectivity index (χ1) is 11.2. The fourth-order valence-electron chi connectivity index (χ4n) is 2.95. The second-order valence-electron chi connectivity index (χ2n) is 5.31. The van der Waals surface area contributed by atoms with Gasteiger partial charge < -0.3 is 9.30 Å². The SMILES string of the molecule is CCn1c(=O)c(OC)c(-c2ccccc2)c2ccc(CF)cc21. The van der Waals surface area contributed by atoms with E-state index in [4.69, 9.17) is 4.74 Å². The molecule has 0 atom stereocenters. The van der Waals surface area contributed by atoms with Crippen molar-refractivity contribution in [3.63, 3.8) is 0 Å². The van der Waals surface area contributed by atoms with E-state index in [1.807, 2.05) is 43.3 Å². The molecule has 0 radical (unpaired) electrons. The van der Waals surface area contributed by atoms with Crippen molar-refractivity contribution >= 4 is 10.9 Å². The van der Waals surface area contributed by atoms with Gasteiger partial charge in [-0.05, 0) is 24.1 Å². The fourth-order valence-corrected chi connectivity index (χ4v) is 2.95. The number of ether oxygens (including phenoxy) is 1. The highest BCUT2D eigenvalue weighted by Gasteiger charge is 2.18. The lowest BCUT2D eigenvalue weighted by Gasteiger charge is -2.17. The average Bonchev–Trinajstić information content (AvgIpc) is 2.61. The van der Waals surface area contributed by atoms with E-state index in [2.05, 4.69) is 0 Å². The van der Waals surface area contributed by atoms with Crippen LogP contribution in [0.25, 0.3) is 22.0 Å². The summed E-state index contributed by atoms with van der Waals surface area (Å²) in [5.41, 5.74) is 2.75. The van der Waals surface area contributed by atoms with E-state index in [0.717, 1.165) is 22.0 Å². The molecule has 0 aliphatic heterocycles. The van der Waals surface area contributed by atoms with E-state index < -0.39 is 6.67 Å². The van der Waals surface area contributed by atoms with Crippen molar-refractivity contribution < 1.29 is 9.13 Å². The Morgan fingerprint density at radius 3 is 2.48 bits per heavy atom. The molecule has 1 heterocycles. The number of rotatable bonds is 4. The monoisotopic (exact) mass is 311 g/mol. The summed E-state index contributed by atoms with van der Waals surface area (Å²) in [4.78, 5) is 12.8. The quantitative estimate of drug-likeness (QED) is 0.724. The summed E-state index contributed by atoms with van der Waals surface area (Å²) < 4.78 is 20.1. The number of methoxy groups -OCH3 is 1. The summed E-state index contributed by atoms with van der Waals surface area (Å²) in [6.07, 6.45) is 0. The molecule has 3 aromatic rings. The number of hydrogen-bond donors (Lipinski definition) is 0. The first-order valence-corrected chi connectivity index (χ1v) is 7.56. The van der Waals surface area contributed by atoms with Crippen LogP contribution in [0.1, 0.15) is 12.5 Å². The normalized spacial score (nSPS) is 10.9. The van der Waals surface area contributed by atoms with Crippen LogP contribution in [-0.2, 0) is 13.2 Å². The lowest BCUT2D eigenvalue weighted by atomic mass is 9.98. The Kier molecular flexibility index (Phi) is 4.15. The van der Waals surface area contributed by atoms with Gasteiger partial charge in [0.25, 0.3) is 5.56 Å². The molecule has 0 spiro atoms. The minimum Gasteiger partial charge on any atom is -0.491 e. The number of fused-ring (bicyclic) bond motifs is 1. The molecular formula is C19H18FNO2. The van der Waals surface area contributed by atoms with Gasteiger partial charge >= 0.3 is 0 Å². The number of aromatic nitrogens is 1. The molecule has 0 aliphatic carbocycles. The number of alkyl halides is 1. The van der Waals surface area contributed by atoms with Crippen molar-refractivity contribution in [1.82, 2.24) is 4.57 Å². The van der Waals surface area contributed by atoms with Crippen LogP contribution in [0, 0.1) is 0 Å². The van der Waals surface area contributed by atoms with Crippen LogP contribution >= 0.6 is 0 Å². The molecule has 23 heavy (non-hydrogen) atoms. The van der Waals surface area contributed by atoms with Gasteiger partial charge in [0.15, 0.2) is 5.75 Å². The number of hydrogen-bond acceptors (Lipinski definition) is 2. The molecule has 0 fully saturated rings. The Morgan fingerprint density at radius 1 is 1.13 bits per heavy atom. The highest BCUT2D eigenvalue weighted by molar-refractivity contribution is 5.98. The van der Waals surface area contributed by atoms with Crippen LogP contribution in [0.5, 0.6) is 5.75 Å². The highest BCUT2D eigenvalue weighted by atomic mass is 19.1. The van der Waals surface area contributed by atoms with E-state index in [-0.39, 0.29) is 5.56 Å². The van der Waals surface area contributed by atoms with E-state index in [1.165, 1.54) is 7.11 Å². The lowest BCUT2D eigenvalue weighted by molar-refractivity contribution is 0.406. The Hall–Kier alpha value is -2.62. The molecular weight excluding hydrogens is 293 g/mol. The van der Waals surface area contributed by atoms with Gasteiger partial charge in [0.2, 0.25) is 0 Å². The standard InChI is InChI=1S/C19H18FNO2/c1-3-21-16-11-13(12-20)9-10-15(16)17(18(23-2)19(21)22)14-7-5-4-6-8-14/h4-11H,3,12H2,1-2H3. The third-order valence-electron chi connectivity index (χ3n) is 4.03. The Labute approximate surface area is 134 Å². The second-order valence-corrected chi connectivity index (χ2v) is 5.31. The number of aryl methyl sites for hydroxylation is 1. The average molecular weight is 311 g/mol. The van der Waals surface area contributed by atoms with Gasteiger partial charge in [0.05, 0.1) is 12.6 Å². The van der Waals surface area contributed by atoms with Crippen molar-refractivity contribution in [1.29, 1.82) is 0 Å². The Morgan fingerprint density at radius 2 is 1.87 bits per heavy atom. The van der Waals surface area contributed by atoms with Crippen molar-refractivity contribution in [2.24, 2.45) is 0 Å². The molecule has 0 bridgehead atoms. The van der Waals surface area contributed by atoms with Gasteiger partial charge in [0, 0.05) is 17.5 Å². The summed E-state index contributed by atoms with van der Waals surface area (Å²) in [7, 11) is 1.50. The largest absolute Gasteiger partial charge is 0.491 e. The summed E-state index contributed by atoms with van der Waals surface area (Å²) in [6, 6.07) is 15.0. The third kappa shape index (κ3) is 2.50. The topological polar surface area (TPSA) is 31.2 Å². The zero-order chi connectivity index (χ0) is 16.4. The van der Waals surface area contributed by atoms with Crippen LogP contribution in [0.2, 0.25) is 0 Å². The maximum atomic E-state index is 13.0. The molecule has 0 saturated heterocycles. The molecule has 0 N–H and O–H groups in total. The minimum atomic E-state index is -0.555. The molecule has 0 unspecified atom stereocenters. The van der Waals surface area contributed by atoms with Crippen molar-refractivity contribution in [3.05, 3.63) is 64.4 Å². The van der Waals surface area contributed by atoms with E-state index in [1.54, 1.807) is 16.7 Å². The van der Waals surface area contributed by atoms with Crippen LogP contribution in [0.3, 0.4) is 0 Å². The summed E-state index contributed by atoms with van der Waals surface area (Å²) in [5.74, 6) is 0.318. The maximum Gasteiger partial charge on any atom is 0.294 e. The Bertz CT molecular complexity index is 901. The molecule has 0 amide bonds. The van der Waals surface area contributed by atoms with Gasteiger partial charge in [-0.1, -0.05) is 42.5 Å². The molecule has 0 aliphatic rings. The highest BCUT2D eigenvalue weighted by Crippen LogP contribution is 2.35. The number of nitrogens with zero attached hydrogens (tertiary/aromatic N) is 1. The van der Waals surface area contributed by atoms with Gasteiger partial charge in [-0.25, -0.2) is 4.39 Å². The molecule has 3 nitrogen and oxygen atoms in total. The smallest absolute Gasteiger partial charge is 0.294 e. The van der Waals surface area contributed by atoms with Gasteiger partial charge in [0.1, 0.15) is 6.67 Å². The molecule has 1 aromatic heterocycles.